The number of carbonyl (C=O) groups is 1. The summed E-state index contributed by atoms with van der Waals surface area (Å²) in [4.78, 5) is 16.9. The number of aromatic nitrogens is 1. The van der Waals surface area contributed by atoms with Gasteiger partial charge in [-0.05, 0) is 62.5 Å². The molecule has 0 saturated heterocycles. The smallest absolute Gasteiger partial charge is 0.257 e. The van der Waals surface area contributed by atoms with E-state index in [0.717, 1.165) is 22.2 Å². The van der Waals surface area contributed by atoms with Crippen LogP contribution in [0.3, 0.4) is 0 Å². The van der Waals surface area contributed by atoms with Crippen LogP contribution < -0.4 is 10.6 Å². The number of oxazole rings is 1. The highest BCUT2D eigenvalue weighted by atomic mass is 32.1. The summed E-state index contributed by atoms with van der Waals surface area (Å²) in [7, 11) is 0. The molecule has 0 atom stereocenters. The van der Waals surface area contributed by atoms with Crippen LogP contribution in [0.4, 0.5) is 5.69 Å². The van der Waals surface area contributed by atoms with E-state index in [2.05, 4.69) is 15.6 Å². The summed E-state index contributed by atoms with van der Waals surface area (Å²) >= 11 is 5.27. The first-order valence-corrected chi connectivity index (χ1v) is 9.55. The largest absolute Gasteiger partial charge is 0.436 e. The first-order valence-electron chi connectivity index (χ1n) is 9.14. The standard InChI is InChI=1S/C23H19N3O2S/c1-14-5-3-7-16(11-14)21(27)26-23(29)24-18-9-10-19-20(13-18)28-22(25-19)17-8-4-6-15(2)12-17/h3-13H,1-2H3,(H2,24,26,27,29). The van der Waals surface area contributed by atoms with Gasteiger partial charge in [-0.3, -0.25) is 10.1 Å². The van der Waals surface area contributed by atoms with Crippen molar-refractivity contribution in [3.8, 4) is 11.5 Å². The molecule has 0 aliphatic rings. The lowest BCUT2D eigenvalue weighted by atomic mass is 10.1. The van der Waals surface area contributed by atoms with Crippen molar-refractivity contribution in [2.75, 3.05) is 5.32 Å². The van der Waals surface area contributed by atoms with Crippen molar-refractivity contribution >= 4 is 40.0 Å². The molecule has 2 N–H and O–H groups in total. The first-order chi connectivity index (χ1) is 14.0. The van der Waals surface area contributed by atoms with Crippen LogP contribution in [0, 0.1) is 13.8 Å². The van der Waals surface area contributed by atoms with Gasteiger partial charge in [0.1, 0.15) is 5.52 Å². The zero-order valence-electron chi connectivity index (χ0n) is 16.0. The fourth-order valence-electron chi connectivity index (χ4n) is 3.03. The summed E-state index contributed by atoms with van der Waals surface area (Å²) in [5.41, 5.74) is 5.73. The zero-order valence-corrected chi connectivity index (χ0v) is 16.8. The molecule has 1 amide bonds. The van der Waals surface area contributed by atoms with Crippen molar-refractivity contribution in [1.29, 1.82) is 0 Å². The van der Waals surface area contributed by atoms with Crippen molar-refractivity contribution in [3.63, 3.8) is 0 Å². The summed E-state index contributed by atoms with van der Waals surface area (Å²) in [6.45, 7) is 3.96. The van der Waals surface area contributed by atoms with E-state index in [9.17, 15) is 4.79 Å². The Balaban J connectivity index is 1.49. The van der Waals surface area contributed by atoms with Crippen LogP contribution in [-0.4, -0.2) is 16.0 Å². The third-order valence-corrected chi connectivity index (χ3v) is 4.62. The average Bonchev–Trinajstić information content (AvgIpc) is 3.11. The molecule has 1 aromatic heterocycles. The topological polar surface area (TPSA) is 67.2 Å². The van der Waals surface area contributed by atoms with Gasteiger partial charge in [0, 0.05) is 22.9 Å². The Morgan fingerprint density at radius 2 is 1.72 bits per heavy atom. The van der Waals surface area contributed by atoms with E-state index in [1.165, 1.54) is 0 Å². The molecule has 3 aromatic carbocycles. The van der Waals surface area contributed by atoms with Crippen LogP contribution in [0.5, 0.6) is 0 Å². The second-order valence-electron chi connectivity index (χ2n) is 6.85. The van der Waals surface area contributed by atoms with Crippen LogP contribution in [0.2, 0.25) is 0 Å². The highest BCUT2D eigenvalue weighted by Crippen LogP contribution is 2.26. The molecule has 144 valence electrons. The number of aryl methyl sites for hydroxylation is 2. The second kappa shape index (κ2) is 7.85. The minimum Gasteiger partial charge on any atom is -0.436 e. The molecule has 0 radical (unpaired) electrons. The minimum absolute atomic E-state index is 0.217. The Hall–Kier alpha value is -3.51. The van der Waals surface area contributed by atoms with Gasteiger partial charge < -0.3 is 9.73 Å². The third-order valence-electron chi connectivity index (χ3n) is 4.42. The van der Waals surface area contributed by atoms with E-state index in [4.69, 9.17) is 16.6 Å². The predicted octanol–water partition coefficient (Wildman–Crippen LogP) is 5.24. The van der Waals surface area contributed by atoms with Gasteiger partial charge in [0.2, 0.25) is 5.89 Å². The summed E-state index contributed by atoms with van der Waals surface area (Å²) in [6.07, 6.45) is 0. The number of carbonyl (C=O) groups excluding carboxylic acids is 1. The van der Waals surface area contributed by atoms with Gasteiger partial charge >= 0.3 is 0 Å². The van der Waals surface area contributed by atoms with Crippen molar-refractivity contribution in [2.24, 2.45) is 0 Å². The number of benzene rings is 3. The van der Waals surface area contributed by atoms with Crippen molar-refractivity contribution in [2.45, 2.75) is 13.8 Å². The maximum absolute atomic E-state index is 12.3. The molecular formula is C23H19N3O2S. The van der Waals surface area contributed by atoms with Crippen molar-refractivity contribution < 1.29 is 9.21 Å². The number of hydrogen-bond donors (Lipinski definition) is 2. The van der Waals surface area contributed by atoms with Gasteiger partial charge in [0.15, 0.2) is 10.7 Å². The van der Waals surface area contributed by atoms with E-state index in [0.29, 0.717) is 22.7 Å². The molecule has 0 bridgehead atoms. The fourth-order valence-corrected chi connectivity index (χ4v) is 3.24. The molecule has 0 spiro atoms. The lowest BCUT2D eigenvalue weighted by Crippen LogP contribution is -2.34. The Morgan fingerprint density at radius 1 is 0.966 bits per heavy atom. The average molecular weight is 401 g/mol. The molecule has 0 aliphatic carbocycles. The maximum Gasteiger partial charge on any atom is 0.257 e. The van der Waals surface area contributed by atoms with E-state index >= 15 is 0 Å². The van der Waals surface area contributed by atoms with Crippen LogP contribution >= 0.6 is 12.2 Å². The molecule has 5 nitrogen and oxygen atoms in total. The Morgan fingerprint density at radius 3 is 2.48 bits per heavy atom. The van der Waals surface area contributed by atoms with Crippen LogP contribution in [0.1, 0.15) is 21.5 Å². The molecule has 1 heterocycles. The van der Waals surface area contributed by atoms with Gasteiger partial charge in [-0.2, -0.15) is 0 Å². The van der Waals surface area contributed by atoms with Crippen LogP contribution in [0.25, 0.3) is 22.6 Å². The third kappa shape index (κ3) is 4.33. The molecule has 0 aliphatic heterocycles. The number of hydrogen-bond acceptors (Lipinski definition) is 4. The maximum atomic E-state index is 12.3. The Kier molecular flexibility index (Phi) is 5.10. The van der Waals surface area contributed by atoms with Gasteiger partial charge in [-0.1, -0.05) is 35.4 Å². The van der Waals surface area contributed by atoms with Crippen LogP contribution in [0.15, 0.2) is 71.1 Å². The molecule has 0 unspecified atom stereocenters. The number of rotatable bonds is 3. The minimum atomic E-state index is -0.256. The van der Waals surface area contributed by atoms with E-state index in [-0.39, 0.29) is 11.0 Å². The Labute approximate surface area is 173 Å². The zero-order chi connectivity index (χ0) is 20.4. The molecule has 29 heavy (non-hydrogen) atoms. The lowest BCUT2D eigenvalue weighted by Gasteiger charge is -2.09. The lowest BCUT2D eigenvalue weighted by molar-refractivity contribution is 0.0977. The molecule has 0 fully saturated rings. The van der Waals surface area contributed by atoms with E-state index in [1.807, 2.05) is 74.5 Å². The normalized spacial score (nSPS) is 10.7. The fraction of sp³-hybridized carbons (Fsp3) is 0.0870. The molecule has 0 saturated carbocycles. The SMILES string of the molecule is Cc1cccc(C(=O)NC(=S)Nc2ccc3nc(-c4cccc(C)c4)oc3c2)c1. The summed E-state index contributed by atoms with van der Waals surface area (Å²) < 4.78 is 5.91. The number of nitrogens with zero attached hydrogens (tertiary/aromatic N) is 1. The highest BCUT2D eigenvalue weighted by molar-refractivity contribution is 7.80. The summed E-state index contributed by atoms with van der Waals surface area (Å²) in [5.74, 6) is 0.310. The Bertz CT molecular complexity index is 1230. The molecular weight excluding hydrogens is 382 g/mol. The van der Waals surface area contributed by atoms with Crippen molar-refractivity contribution in [3.05, 3.63) is 83.4 Å². The van der Waals surface area contributed by atoms with Gasteiger partial charge in [0.25, 0.3) is 5.91 Å². The number of fused-ring (bicyclic) bond motifs is 1. The number of amides is 1. The second-order valence-corrected chi connectivity index (χ2v) is 7.26. The van der Waals surface area contributed by atoms with E-state index in [1.54, 1.807) is 6.07 Å². The van der Waals surface area contributed by atoms with Gasteiger partial charge in [0.05, 0.1) is 0 Å². The number of nitrogens with one attached hydrogen (secondary N) is 2. The quantitative estimate of drug-likeness (QED) is 0.460. The molecule has 4 aromatic rings. The van der Waals surface area contributed by atoms with Crippen LogP contribution in [-0.2, 0) is 0 Å². The monoisotopic (exact) mass is 401 g/mol. The van der Waals surface area contributed by atoms with Crippen molar-refractivity contribution in [1.82, 2.24) is 10.3 Å². The molecule has 6 heteroatoms. The van der Waals surface area contributed by atoms with Gasteiger partial charge in [-0.15, -0.1) is 0 Å². The first kappa shape index (κ1) is 18.8. The van der Waals surface area contributed by atoms with E-state index < -0.39 is 0 Å². The predicted molar refractivity (Wildman–Crippen MR) is 119 cm³/mol. The van der Waals surface area contributed by atoms with Gasteiger partial charge in [-0.25, -0.2) is 4.98 Å². The molecule has 4 rings (SSSR count). The number of anilines is 1. The summed E-state index contributed by atoms with van der Waals surface area (Å²) in [5, 5.41) is 5.93. The summed E-state index contributed by atoms with van der Waals surface area (Å²) in [6, 6.07) is 20.8. The highest BCUT2D eigenvalue weighted by Gasteiger charge is 2.11. The number of thiocarbonyl (C=S) groups is 1.